The summed E-state index contributed by atoms with van der Waals surface area (Å²) < 4.78 is 1.45. The number of aromatic nitrogens is 1. The number of rotatable bonds is 5. The molecule has 1 aromatic heterocycles. The Kier molecular flexibility index (Phi) is 5.06. The number of nitrogens with one attached hydrogen (secondary N) is 2. The molecule has 3 amide bonds. The quantitative estimate of drug-likeness (QED) is 0.511. The summed E-state index contributed by atoms with van der Waals surface area (Å²) in [5.41, 5.74) is 1.66. The number of urea groups is 1. The molecule has 1 fully saturated rings. The zero-order valence-corrected chi connectivity index (χ0v) is 16.5. The molecule has 0 spiro atoms. The van der Waals surface area contributed by atoms with E-state index >= 15 is 0 Å². The number of hydrogen-bond acceptors (Lipinski definition) is 3. The van der Waals surface area contributed by atoms with E-state index < -0.39 is 17.5 Å². The summed E-state index contributed by atoms with van der Waals surface area (Å²) in [5, 5.41) is 5.03. The third-order valence-electron chi connectivity index (χ3n) is 5.23. The summed E-state index contributed by atoms with van der Waals surface area (Å²) >= 11 is 0. The minimum atomic E-state index is -1.35. The lowest BCUT2D eigenvalue weighted by molar-refractivity contribution is -0.124. The third kappa shape index (κ3) is 3.67. The van der Waals surface area contributed by atoms with Crippen molar-refractivity contribution < 1.29 is 9.59 Å². The molecule has 2 N–H and O–H groups in total. The van der Waals surface area contributed by atoms with Gasteiger partial charge >= 0.3 is 6.03 Å². The number of amides is 3. The lowest BCUT2D eigenvalue weighted by Gasteiger charge is -2.27. The zero-order valence-electron chi connectivity index (χ0n) is 16.5. The van der Waals surface area contributed by atoms with E-state index in [0.717, 1.165) is 11.1 Å². The molecule has 4 rings (SSSR count). The molecule has 6 nitrogen and oxygen atoms in total. The van der Waals surface area contributed by atoms with E-state index in [9.17, 15) is 14.4 Å². The van der Waals surface area contributed by atoms with E-state index in [1.807, 2.05) is 54.6 Å². The molecule has 30 heavy (non-hydrogen) atoms. The zero-order chi connectivity index (χ0) is 21.1. The Morgan fingerprint density at radius 1 is 0.867 bits per heavy atom. The standard InChI is InChI=1S/C24H21N3O3/c1-17-6-5-15-27(21(17)28)16-24(22(29)25-23(30)26-24)20-13-11-19(12-14-20)10-9-18-7-3-2-4-8-18/h2-15H,16H2,1H3,(H2,25,26,29,30)/b10-9+. The topological polar surface area (TPSA) is 80.2 Å². The van der Waals surface area contributed by atoms with E-state index in [1.165, 1.54) is 4.57 Å². The van der Waals surface area contributed by atoms with E-state index in [-0.39, 0.29) is 12.1 Å². The van der Waals surface area contributed by atoms with Crippen molar-refractivity contribution in [3.05, 3.63) is 106 Å². The number of carbonyl (C=O) groups is 2. The van der Waals surface area contributed by atoms with Crippen LogP contribution in [-0.2, 0) is 16.9 Å². The molecule has 0 bridgehead atoms. The number of hydrogen-bond donors (Lipinski definition) is 2. The van der Waals surface area contributed by atoms with Gasteiger partial charge in [-0.25, -0.2) is 4.79 Å². The fraction of sp³-hybridized carbons (Fsp3) is 0.125. The van der Waals surface area contributed by atoms with Gasteiger partial charge in [-0.3, -0.25) is 14.9 Å². The highest BCUT2D eigenvalue weighted by molar-refractivity contribution is 6.07. The second-order valence-corrected chi connectivity index (χ2v) is 7.30. The van der Waals surface area contributed by atoms with Crippen molar-refractivity contribution in [3.8, 4) is 0 Å². The first-order chi connectivity index (χ1) is 14.5. The molecule has 0 aliphatic carbocycles. The molecule has 0 saturated carbocycles. The van der Waals surface area contributed by atoms with Crippen LogP contribution in [0.2, 0.25) is 0 Å². The second-order valence-electron chi connectivity index (χ2n) is 7.30. The molecule has 3 aromatic rings. The maximum atomic E-state index is 12.8. The summed E-state index contributed by atoms with van der Waals surface area (Å²) in [4.78, 5) is 37.3. The largest absolute Gasteiger partial charge is 0.322 e. The van der Waals surface area contributed by atoms with Crippen molar-refractivity contribution in [2.24, 2.45) is 0 Å². The fourth-order valence-corrected chi connectivity index (χ4v) is 3.57. The van der Waals surface area contributed by atoms with Crippen LogP contribution in [0.25, 0.3) is 12.2 Å². The van der Waals surface area contributed by atoms with Crippen molar-refractivity contribution in [2.45, 2.75) is 19.0 Å². The summed E-state index contributed by atoms with van der Waals surface area (Å²) in [6, 6.07) is 20.2. The van der Waals surface area contributed by atoms with Gasteiger partial charge in [0, 0.05) is 11.8 Å². The van der Waals surface area contributed by atoms with E-state index in [1.54, 1.807) is 37.4 Å². The van der Waals surface area contributed by atoms with Gasteiger partial charge in [0.15, 0.2) is 5.54 Å². The molecule has 2 aromatic carbocycles. The van der Waals surface area contributed by atoms with Crippen LogP contribution in [0, 0.1) is 6.92 Å². The van der Waals surface area contributed by atoms with Gasteiger partial charge in [-0.2, -0.15) is 0 Å². The van der Waals surface area contributed by atoms with Crippen LogP contribution in [0.4, 0.5) is 4.79 Å². The molecule has 1 saturated heterocycles. The van der Waals surface area contributed by atoms with Crippen molar-refractivity contribution >= 4 is 24.1 Å². The molecule has 6 heteroatoms. The first-order valence-corrected chi connectivity index (χ1v) is 9.61. The monoisotopic (exact) mass is 399 g/mol. The highest BCUT2D eigenvalue weighted by atomic mass is 16.2. The van der Waals surface area contributed by atoms with Crippen LogP contribution in [-0.4, -0.2) is 16.5 Å². The van der Waals surface area contributed by atoms with Gasteiger partial charge in [-0.15, -0.1) is 0 Å². The van der Waals surface area contributed by atoms with Crippen LogP contribution in [0.15, 0.2) is 77.7 Å². The first-order valence-electron chi connectivity index (χ1n) is 9.61. The molecule has 0 radical (unpaired) electrons. The van der Waals surface area contributed by atoms with Gasteiger partial charge in [0.05, 0.1) is 6.54 Å². The lowest BCUT2D eigenvalue weighted by Crippen LogP contribution is -2.49. The number of aryl methyl sites for hydroxylation is 1. The highest BCUT2D eigenvalue weighted by Crippen LogP contribution is 2.27. The van der Waals surface area contributed by atoms with E-state index in [0.29, 0.717) is 11.1 Å². The predicted octanol–water partition coefficient (Wildman–Crippen LogP) is 3.06. The Balaban J connectivity index is 1.67. The second kappa shape index (κ2) is 7.83. The SMILES string of the molecule is Cc1cccn(CC2(c3ccc(/C=C/c4ccccc4)cc3)NC(=O)NC2=O)c1=O. The van der Waals surface area contributed by atoms with E-state index in [4.69, 9.17) is 0 Å². The Labute approximate surface area is 173 Å². The van der Waals surface area contributed by atoms with Crippen molar-refractivity contribution in [3.63, 3.8) is 0 Å². The van der Waals surface area contributed by atoms with Crippen molar-refractivity contribution in [1.29, 1.82) is 0 Å². The van der Waals surface area contributed by atoms with Gasteiger partial charge in [0.2, 0.25) is 0 Å². The number of pyridine rings is 1. The van der Waals surface area contributed by atoms with Crippen LogP contribution < -0.4 is 16.2 Å². The van der Waals surface area contributed by atoms with Gasteiger partial charge in [-0.1, -0.05) is 72.8 Å². The normalized spacial score (nSPS) is 18.4. The molecule has 1 unspecified atom stereocenters. The summed E-state index contributed by atoms with van der Waals surface area (Å²) in [5.74, 6) is -0.478. The molecule has 1 aliphatic rings. The highest BCUT2D eigenvalue weighted by Gasteiger charge is 2.48. The molecule has 150 valence electrons. The summed E-state index contributed by atoms with van der Waals surface area (Å²) in [6.45, 7) is 1.72. The number of carbonyl (C=O) groups excluding carboxylic acids is 2. The fourth-order valence-electron chi connectivity index (χ4n) is 3.57. The average Bonchev–Trinajstić information content (AvgIpc) is 3.05. The van der Waals surface area contributed by atoms with Crippen LogP contribution >= 0.6 is 0 Å². The molecule has 1 atom stereocenters. The maximum absolute atomic E-state index is 12.8. The van der Waals surface area contributed by atoms with Crippen molar-refractivity contribution in [1.82, 2.24) is 15.2 Å². The van der Waals surface area contributed by atoms with Crippen LogP contribution in [0.1, 0.15) is 22.3 Å². The van der Waals surface area contributed by atoms with Gasteiger partial charge in [0.25, 0.3) is 11.5 Å². The molecule has 1 aliphatic heterocycles. The van der Waals surface area contributed by atoms with Crippen LogP contribution in [0.3, 0.4) is 0 Å². The number of imide groups is 1. The number of benzene rings is 2. The molecule has 2 heterocycles. The van der Waals surface area contributed by atoms with Gasteiger partial charge in [-0.05, 0) is 29.7 Å². The minimum Gasteiger partial charge on any atom is -0.318 e. The minimum absolute atomic E-state index is 0.00425. The van der Waals surface area contributed by atoms with E-state index in [2.05, 4.69) is 10.6 Å². The number of nitrogens with zero attached hydrogens (tertiary/aromatic N) is 1. The molecular formula is C24H21N3O3. The van der Waals surface area contributed by atoms with Crippen molar-refractivity contribution in [2.75, 3.05) is 0 Å². The Bertz CT molecular complexity index is 1180. The maximum Gasteiger partial charge on any atom is 0.322 e. The third-order valence-corrected chi connectivity index (χ3v) is 5.23. The average molecular weight is 399 g/mol. The van der Waals surface area contributed by atoms with Gasteiger partial charge in [0.1, 0.15) is 0 Å². The Morgan fingerprint density at radius 2 is 1.53 bits per heavy atom. The van der Waals surface area contributed by atoms with Gasteiger partial charge < -0.3 is 9.88 Å². The lowest BCUT2D eigenvalue weighted by atomic mass is 9.89. The predicted molar refractivity (Wildman–Crippen MR) is 116 cm³/mol. The summed E-state index contributed by atoms with van der Waals surface area (Å²) in [6.07, 6.45) is 5.59. The molecular weight excluding hydrogens is 378 g/mol. The Hall–Kier alpha value is -3.93. The van der Waals surface area contributed by atoms with Crippen LogP contribution in [0.5, 0.6) is 0 Å². The smallest absolute Gasteiger partial charge is 0.318 e. The first kappa shape index (κ1) is 19.4. The summed E-state index contributed by atoms with van der Waals surface area (Å²) in [7, 11) is 0. The Morgan fingerprint density at radius 3 is 2.17 bits per heavy atom.